The highest BCUT2D eigenvalue weighted by atomic mass is 32.1. The largest absolute Gasteiger partial charge is 0.456 e. The number of nitrogens with zero attached hydrogens (tertiary/aromatic N) is 3. The number of fused-ring (bicyclic) bond motifs is 15. The number of furan rings is 1. The van der Waals surface area contributed by atoms with Gasteiger partial charge in [-0.1, -0.05) is 176 Å². The first-order valence-electron chi connectivity index (χ1n) is 24.7. The van der Waals surface area contributed by atoms with E-state index in [4.69, 9.17) is 14.4 Å². The molecular formula is C67H43N3OS. The quantitative estimate of drug-likeness (QED) is 0.121. The Bertz CT molecular complexity index is 4610. The number of aromatic nitrogens is 1. The summed E-state index contributed by atoms with van der Waals surface area (Å²) < 4.78 is 11.9. The number of hydrogen-bond donors (Lipinski definition) is 0. The first-order chi connectivity index (χ1) is 35.6. The Morgan fingerprint density at radius 2 is 1.24 bits per heavy atom. The lowest BCUT2D eigenvalue weighted by molar-refractivity contribution is 0.668. The van der Waals surface area contributed by atoms with E-state index in [1.807, 2.05) is 17.6 Å². The molecular weight excluding hydrogens is 895 g/mol. The zero-order valence-electron chi connectivity index (χ0n) is 39.3. The maximum atomic E-state index is 6.93. The first-order valence-corrected chi connectivity index (χ1v) is 25.5. The van der Waals surface area contributed by atoms with Gasteiger partial charge in [0.2, 0.25) is 0 Å². The van der Waals surface area contributed by atoms with Crippen molar-refractivity contribution in [3.8, 4) is 16.8 Å². The van der Waals surface area contributed by atoms with E-state index in [2.05, 4.69) is 236 Å². The summed E-state index contributed by atoms with van der Waals surface area (Å²) in [5.74, 6) is 0.758. The van der Waals surface area contributed by atoms with Crippen molar-refractivity contribution in [1.82, 2.24) is 4.57 Å². The van der Waals surface area contributed by atoms with Gasteiger partial charge in [0.1, 0.15) is 11.2 Å². The van der Waals surface area contributed by atoms with Crippen LogP contribution in [0.25, 0.3) is 102 Å². The van der Waals surface area contributed by atoms with Crippen LogP contribution in [0.5, 0.6) is 0 Å². The summed E-state index contributed by atoms with van der Waals surface area (Å²) in [6, 6.07) is 81.1. The molecule has 4 nitrogen and oxygen atoms in total. The Hall–Kier alpha value is -8.90. The molecule has 0 radical (unpaired) electrons. The normalized spacial score (nSPS) is 14.3. The second-order valence-electron chi connectivity index (χ2n) is 19.1. The van der Waals surface area contributed by atoms with E-state index in [0.717, 1.165) is 49.8 Å². The summed E-state index contributed by atoms with van der Waals surface area (Å²) in [6.45, 7) is 2.22. The van der Waals surface area contributed by atoms with Gasteiger partial charge >= 0.3 is 0 Å². The minimum Gasteiger partial charge on any atom is -0.456 e. The van der Waals surface area contributed by atoms with Gasteiger partial charge in [0.25, 0.3) is 0 Å². The lowest BCUT2D eigenvalue weighted by Crippen LogP contribution is -2.06. The smallest absolute Gasteiger partial charge is 0.155 e. The van der Waals surface area contributed by atoms with Gasteiger partial charge in [0.15, 0.2) is 5.84 Å². The number of hydrogen-bond acceptors (Lipinski definition) is 3. The van der Waals surface area contributed by atoms with E-state index in [1.165, 1.54) is 85.9 Å². The Morgan fingerprint density at radius 3 is 2.12 bits per heavy atom. The van der Waals surface area contributed by atoms with Gasteiger partial charge in [-0.05, 0) is 110 Å². The second-order valence-corrected chi connectivity index (χ2v) is 20.2. The zero-order chi connectivity index (χ0) is 47.4. The molecule has 0 spiro atoms. The fraction of sp³-hybridized carbons (Fsp3) is 0.0448. The molecule has 15 rings (SSSR count). The standard InChI is InChI=1S/C67H43N3OS/c1-40(47-28-16-29-53-62(42-18-3-2-4-19-42)49-24-9-10-25-50(49)64(47)53)69-67(68-39-45-22-15-32-61-63(45)52-27-12-14-31-60(52)72-61)46-37-57(66-51-26-11-13-30-58(51)71-59(66)38-46)70-55-34-33-41-17-7-8-23-48(41)65(55)54-35-43-20-5-6-21-44(43)36-56(54)70/h2-40,62H,1H3/b68-39+,69-67-/t40?,62-/m1/s1. The molecule has 3 heterocycles. The van der Waals surface area contributed by atoms with E-state index in [0.29, 0.717) is 5.84 Å². The molecule has 72 heavy (non-hydrogen) atoms. The minimum atomic E-state index is -0.270. The van der Waals surface area contributed by atoms with Crippen molar-refractivity contribution in [2.75, 3.05) is 0 Å². The number of rotatable bonds is 6. The minimum absolute atomic E-state index is 0.130. The first kappa shape index (κ1) is 40.9. The van der Waals surface area contributed by atoms with Crippen molar-refractivity contribution in [2.24, 2.45) is 9.98 Å². The highest BCUT2D eigenvalue weighted by Gasteiger charge is 2.32. The molecule has 14 aromatic rings. The van der Waals surface area contributed by atoms with Crippen LogP contribution in [0.4, 0.5) is 0 Å². The van der Waals surface area contributed by atoms with Gasteiger partial charge < -0.3 is 8.98 Å². The van der Waals surface area contributed by atoms with Crippen LogP contribution in [-0.2, 0) is 0 Å². The highest BCUT2D eigenvalue weighted by Crippen LogP contribution is 2.51. The number of aliphatic imine (C=N–C) groups is 2. The summed E-state index contributed by atoms with van der Waals surface area (Å²) in [6.07, 6.45) is 2.03. The van der Waals surface area contributed by atoms with Crippen LogP contribution >= 0.6 is 11.3 Å². The summed E-state index contributed by atoms with van der Waals surface area (Å²) in [5.41, 5.74) is 14.4. The average Bonchev–Trinajstić information content (AvgIpc) is 4.19. The molecule has 0 bridgehead atoms. The Morgan fingerprint density at radius 1 is 0.528 bits per heavy atom. The van der Waals surface area contributed by atoms with Crippen molar-refractivity contribution in [3.63, 3.8) is 0 Å². The third-order valence-electron chi connectivity index (χ3n) is 15.1. The summed E-state index contributed by atoms with van der Waals surface area (Å²) in [7, 11) is 0. The summed E-state index contributed by atoms with van der Waals surface area (Å²) >= 11 is 1.82. The monoisotopic (exact) mass is 937 g/mol. The molecule has 1 aliphatic rings. The molecule has 5 heteroatoms. The lowest BCUT2D eigenvalue weighted by atomic mass is 9.88. The SMILES string of the molecule is CC(/N=C(\N=C\c1cccc2sc3ccccc3c12)c1cc(-n2c3cc4ccccc4cc3c3c4ccccc4ccc32)c2c(c1)oc1ccccc12)c1cccc2c1-c1ccccc1[C@H]2c1ccccc1. The Kier molecular flexibility index (Phi) is 9.14. The number of benzene rings is 11. The fourth-order valence-electron chi connectivity index (χ4n) is 12.0. The number of amidine groups is 1. The van der Waals surface area contributed by atoms with E-state index < -0.39 is 0 Å². The van der Waals surface area contributed by atoms with Crippen LogP contribution < -0.4 is 0 Å². The summed E-state index contributed by atoms with van der Waals surface area (Å²) in [4.78, 5) is 11.3. The van der Waals surface area contributed by atoms with Crippen LogP contribution in [0.15, 0.2) is 239 Å². The van der Waals surface area contributed by atoms with Crippen molar-refractivity contribution in [3.05, 3.63) is 258 Å². The van der Waals surface area contributed by atoms with E-state index in [9.17, 15) is 0 Å². The fourth-order valence-corrected chi connectivity index (χ4v) is 13.1. The van der Waals surface area contributed by atoms with Crippen molar-refractivity contribution < 1.29 is 4.42 Å². The van der Waals surface area contributed by atoms with Crippen molar-refractivity contribution >= 4 is 109 Å². The van der Waals surface area contributed by atoms with E-state index >= 15 is 0 Å². The van der Waals surface area contributed by atoms with E-state index in [1.54, 1.807) is 0 Å². The zero-order valence-corrected chi connectivity index (χ0v) is 40.1. The van der Waals surface area contributed by atoms with Crippen molar-refractivity contribution in [1.29, 1.82) is 0 Å². The molecule has 2 atom stereocenters. The molecule has 1 aliphatic carbocycles. The van der Waals surface area contributed by atoms with Crippen LogP contribution in [0.2, 0.25) is 0 Å². The van der Waals surface area contributed by atoms with Crippen LogP contribution in [0, 0.1) is 0 Å². The van der Waals surface area contributed by atoms with Crippen LogP contribution in [-0.4, -0.2) is 16.6 Å². The van der Waals surface area contributed by atoms with Gasteiger partial charge in [0.05, 0.1) is 28.1 Å². The second kappa shape index (κ2) is 16.1. The molecule has 338 valence electrons. The number of thiophene rings is 1. The molecule has 1 unspecified atom stereocenters. The number of para-hydroxylation sites is 1. The Balaban J connectivity index is 1.01. The molecule has 0 amide bonds. The van der Waals surface area contributed by atoms with Gasteiger partial charge in [-0.25, -0.2) is 4.99 Å². The van der Waals surface area contributed by atoms with E-state index in [-0.39, 0.29) is 12.0 Å². The van der Waals surface area contributed by atoms with Gasteiger partial charge in [-0.3, -0.25) is 4.99 Å². The third kappa shape index (κ3) is 6.24. The molecule has 0 aliphatic heterocycles. The predicted molar refractivity (Wildman–Crippen MR) is 304 cm³/mol. The molecule has 3 aromatic heterocycles. The third-order valence-corrected chi connectivity index (χ3v) is 16.3. The molecule has 11 aromatic carbocycles. The van der Waals surface area contributed by atoms with Crippen LogP contribution in [0.3, 0.4) is 0 Å². The summed E-state index contributed by atoms with van der Waals surface area (Å²) in [5, 5.41) is 11.8. The molecule has 0 saturated carbocycles. The molecule has 0 N–H and O–H groups in total. The molecule has 0 saturated heterocycles. The van der Waals surface area contributed by atoms with Gasteiger partial charge in [-0.2, -0.15) is 0 Å². The maximum Gasteiger partial charge on any atom is 0.155 e. The van der Waals surface area contributed by atoms with Crippen LogP contribution in [0.1, 0.15) is 52.3 Å². The topological polar surface area (TPSA) is 42.8 Å². The Labute approximate surface area is 419 Å². The molecule has 0 fully saturated rings. The van der Waals surface area contributed by atoms with Gasteiger partial charge in [-0.15, -0.1) is 11.3 Å². The average molecular weight is 938 g/mol. The lowest BCUT2D eigenvalue weighted by Gasteiger charge is -2.17. The predicted octanol–water partition coefficient (Wildman–Crippen LogP) is 18.1. The van der Waals surface area contributed by atoms with Crippen molar-refractivity contribution in [2.45, 2.75) is 18.9 Å². The maximum absolute atomic E-state index is 6.93. The highest BCUT2D eigenvalue weighted by molar-refractivity contribution is 7.25. The van der Waals surface area contributed by atoms with Gasteiger partial charge in [0, 0.05) is 59.6 Å².